The molecule has 0 saturated carbocycles. The average molecular weight is 323 g/mol. The van der Waals surface area contributed by atoms with Crippen LogP contribution in [-0.2, 0) is 0 Å². The SMILES string of the molecule is CN(CCO)CC1CCC(Cl)c2c1ccc(Cl)c2Cl. The van der Waals surface area contributed by atoms with Gasteiger partial charge in [-0.15, -0.1) is 11.6 Å². The second-order valence-electron chi connectivity index (χ2n) is 5.09. The zero-order chi connectivity index (χ0) is 14.0. The van der Waals surface area contributed by atoms with Gasteiger partial charge in [0.2, 0.25) is 0 Å². The fourth-order valence-corrected chi connectivity index (χ4v) is 3.62. The molecule has 0 saturated heterocycles. The maximum absolute atomic E-state index is 8.98. The van der Waals surface area contributed by atoms with Crippen molar-refractivity contribution in [3.63, 3.8) is 0 Å². The van der Waals surface area contributed by atoms with Gasteiger partial charge in [0.1, 0.15) is 0 Å². The van der Waals surface area contributed by atoms with Crippen LogP contribution in [0.15, 0.2) is 12.1 Å². The fraction of sp³-hybridized carbons (Fsp3) is 0.571. The lowest BCUT2D eigenvalue weighted by Gasteiger charge is -2.32. The number of rotatable bonds is 4. The van der Waals surface area contributed by atoms with E-state index in [1.54, 1.807) is 0 Å². The first-order chi connectivity index (χ1) is 9.04. The lowest BCUT2D eigenvalue weighted by molar-refractivity contribution is 0.211. The first-order valence-electron chi connectivity index (χ1n) is 6.45. The highest BCUT2D eigenvalue weighted by Crippen LogP contribution is 2.46. The molecule has 0 aliphatic heterocycles. The van der Waals surface area contributed by atoms with Gasteiger partial charge in [0, 0.05) is 13.1 Å². The molecule has 2 atom stereocenters. The molecule has 2 rings (SSSR count). The molecule has 0 spiro atoms. The van der Waals surface area contributed by atoms with Crippen LogP contribution in [-0.4, -0.2) is 36.8 Å². The Labute approximate surface area is 129 Å². The van der Waals surface area contributed by atoms with Gasteiger partial charge < -0.3 is 10.0 Å². The Kier molecular flexibility index (Phi) is 5.38. The maximum atomic E-state index is 8.98. The van der Waals surface area contributed by atoms with Crippen LogP contribution in [0.1, 0.15) is 35.3 Å². The van der Waals surface area contributed by atoms with Crippen molar-refractivity contribution in [3.8, 4) is 0 Å². The highest BCUT2D eigenvalue weighted by molar-refractivity contribution is 6.43. The normalized spacial score (nSPS) is 22.6. The predicted molar refractivity (Wildman–Crippen MR) is 81.6 cm³/mol. The molecule has 0 aromatic heterocycles. The summed E-state index contributed by atoms with van der Waals surface area (Å²) in [6.45, 7) is 1.75. The third-order valence-electron chi connectivity index (χ3n) is 3.70. The van der Waals surface area contributed by atoms with Gasteiger partial charge in [-0.2, -0.15) is 0 Å². The molecule has 0 amide bonds. The Bertz CT molecular complexity index is 453. The van der Waals surface area contributed by atoms with Crippen LogP contribution in [0.5, 0.6) is 0 Å². The van der Waals surface area contributed by atoms with E-state index in [4.69, 9.17) is 39.9 Å². The Morgan fingerprint density at radius 3 is 2.74 bits per heavy atom. The first-order valence-corrected chi connectivity index (χ1v) is 7.65. The van der Waals surface area contributed by atoms with Crippen molar-refractivity contribution in [2.24, 2.45) is 0 Å². The summed E-state index contributed by atoms with van der Waals surface area (Å²) in [5, 5.41) is 10.1. The summed E-state index contributed by atoms with van der Waals surface area (Å²) in [4.78, 5) is 2.13. The van der Waals surface area contributed by atoms with Crippen molar-refractivity contribution >= 4 is 34.8 Å². The molecule has 0 fully saturated rings. The topological polar surface area (TPSA) is 23.5 Å². The minimum absolute atomic E-state index is 0.0550. The van der Waals surface area contributed by atoms with Gasteiger partial charge >= 0.3 is 0 Å². The van der Waals surface area contributed by atoms with Gasteiger partial charge in [-0.05, 0) is 43.0 Å². The molecular formula is C14H18Cl3NO. The molecule has 19 heavy (non-hydrogen) atoms. The number of halogens is 3. The molecule has 1 aliphatic carbocycles. The summed E-state index contributed by atoms with van der Waals surface area (Å²) in [5.41, 5.74) is 2.19. The van der Waals surface area contributed by atoms with E-state index in [1.807, 2.05) is 19.2 Å². The molecular weight excluding hydrogens is 305 g/mol. The largest absolute Gasteiger partial charge is 0.395 e. The number of aliphatic hydroxyl groups excluding tert-OH is 1. The van der Waals surface area contributed by atoms with Gasteiger partial charge in [0.05, 0.1) is 22.0 Å². The third kappa shape index (κ3) is 3.37. The molecule has 1 aliphatic rings. The fourth-order valence-electron chi connectivity index (χ4n) is 2.73. The zero-order valence-electron chi connectivity index (χ0n) is 10.9. The average Bonchev–Trinajstić information content (AvgIpc) is 2.37. The van der Waals surface area contributed by atoms with Crippen LogP contribution >= 0.6 is 34.8 Å². The monoisotopic (exact) mass is 321 g/mol. The Morgan fingerprint density at radius 2 is 2.05 bits per heavy atom. The van der Waals surface area contributed by atoms with E-state index in [-0.39, 0.29) is 12.0 Å². The maximum Gasteiger partial charge on any atom is 0.0642 e. The predicted octanol–water partition coefficient (Wildman–Crippen LogP) is 4.07. The van der Waals surface area contributed by atoms with Crippen LogP contribution in [0.25, 0.3) is 0 Å². The lowest BCUT2D eigenvalue weighted by atomic mass is 9.82. The first kappa shape index (κ1) is 15.4. The molecule has 2 unspecified atom stereocenters. The number of benzene rings is 1. The molecule has 0 bridgehead atoms. The number of alkyl halides is 1. The van der Waals surface area contributed by atoms with Crippen molar-refractivity contribution in [2.75, 3.05) is 26.7 Å². The van der Waals surface area contributed by atoms with E-state index in [9.17, 15) is 0 Å². The summed E-state index contributed by atoms with van der Waals surface area (Å²) >= 11 is 18.8. The number of likely N-dealkylation sites (N-methyl/N-ethyl adjacent to an activating group) is 1. The molecule has 5 heteroatoms. The van der Waals surface area contributed by atoms with Crippen molar-refractivity contribution in [3.05, 3.63) is 33.3 Å². The van der Waals surface area contributed by atoms with E-state index in [0.29, 0.717) is 22.5 Å². The highest BCUT2D eigenvalue weighted by Gasteiger charge is 2.29. The minimum Gasteiger partial charge on any atom is -0.395 e. The van der Waals surface area contributed by atoms with Crippen molar-refractivity contribution in [2.45, 2.75) is 24.1 Å². The number of fused-ring (bicyclic) bond motifs is 1. The summed E-state index contributed by atoms with van der Waals surface area (Å²) in [6, 6.07) is 3.88. The van der Waals surface area contributed by atoms with E-state index in [2.05, 4.69) is 4.90 Å². The van der Waals surface area contributed by atoms with E-state index >= 15 is 0 Å². The summed E-state index contributed by atoms with van der Waals surface area (Å²) in [5.74, 6) is 0.399. The second-order valence-corrected chi connectivity index (χ2v) is 6.40. The standard InChI is InChI=1S/C14H18Cl3NO/c1-18(6-7-19)8-9-2-4-11(15)13-10(9)3-5-12(16)14(13)17/h3,5,9,11,19H,2,4,6-8H2,1H3. The summed E-state index contributed by atoms with van der Waals surface area (Å²) in [7, 11) is 2.01. The van der Waals surface area contributed by atoms with Gasteiger partial charge in [0.15, 0.2) is 0 Å². The quantitative estimate of drug-likeness (QED) is 0.845. The van der Waals surface area contributed by atoms with Crippen LogP contribution < -0.4 is 0 Å². The van der Waals surface area contributed by atoms with Crippen molar-refractivity contribution < 1.29 is 5.11 Å². The summed E-state index contributed by atoms with van der Waals surface area (Å²) in [6.07, 6.45) is 1.95. The zero-order valence-corrected chi connectivity index (χ0v) is 13.1. The van der Waals surface area contributed by atoms with Crippen LogP contribution in [0, 0.1) is 0 Å². The van der Waals surface area contributed by atoms with Gasteiger partial charge in [-0.1, -0.05) is 29.3 Å². The molecule has 1 aromatic rings. The Balaban J connectivity index is 2.28. The molecule has 1 aromatic carbocycles. The van der Waals surface area contributed by atoms with Crippen LogP contribution in [0.3, 0.4) is 0 Å². The van der Waals surface area contributed by atoms with E-state index < -0.39 is 0 Å². The Morgan fingerprint density at radius 1 is 1.32 bits per heavy atom. The number of hydrogen-bond donors (Lipinski definition) is 1. The lowest BCUT2D eigenvalue weighted by Crippen LogP contribution is -2.29. The smallest absolute Gasteiger partial charge is 0.0642 e. The van der Waals surface area contributed by atoms with Gasteiger partial charge in [0.25, 0.3) is 0 Å². The molecule has 0 radical (unpaired) electrons. The van der Waals surface area contributed by atoms with Crippen molar-refractivity contribution in [1.82, 2.24) is 4.90 Å². The van der Waals surface area contributed by atoms with Gasteiger partial charge in [-0.25, -0.2) is 0 Å². The summed E-state index contributed by atoms with van der Waals surface area (Å²) < 4.78 is 0. The van der Waals surface area contributed by atoms with Gasteiger partial charge in [-0.3, -0.25) is 0 Å². The van der Waals surface area contributed by atoms with E-state index in [0.717, 1.165) is 24.9 Å². The minimum atomic E-state index is -0.0550. The van der Waals surface area contributed by atoms with E-state index in [1.165, 1.54) is 5.56 Å². The molecule has 106 valence electrons. The second kappa shape index (κ2) is 6.64. The molecule has 1 N–H and O–H groups in total. The van der Waals surface area contributed by atoms with Crippen LogP contribution in [0.2, 0.25) is 10.0 Å². The Hall–Kier alpha value is 0.01000. The third-order valence-corrected chi connectivity index (χ3v) is 4.96. The highest BCUT2D eigenvalue weighted by atomic mass is 35.5. The molecule has 0 heterocycles. The van der Waals surface area contributed by atoms with Crippen LogP contribution in [0.4, 0.5) is 0 Å². The molecule has 2 nitrogen and oxygen atoms in total. The number of nitrogens with zero attached hydrogens (tertiary/aromatic N) is 1. The van der Waals surface area contributed by atoms with Crippen molar-refractivity contribution in [1.29, 1.82) is 0 Å². The number of hydrogen-bond acceptors (Lipinski definition) is 2. The number of aliphatic hydroxyl groups is 1.